The Morgan fingerprint density at radius 2 is 2.25 bits per heavy atom. The molecule has 0 amide bonds. The highest BCUT2D eigenvalue weighted by molar-refractivity contribution is 6.48. The summed E-state index contributed by atoms with van der Waals surface area (Å²) in [4.78, 5) is 21.6. The smallest absolute Gasteiger partial charge is 0.223 e. The fraction of sp³-hybridized carbons (Fsp3) is 0.250. The van der Waals surface area contributed by atoms with E-state index in [9.17, 15) is 9.59 Å². The predicted octanol–water partition coefficient (Wildman–Crippen LogP) is 1.72. The van der Waals surface area contributed by atoms with Crippen molar-refractivity contribution in [3.8, 4) is 0 Å². The SMILES string of the molecule is CC(=O)C(=O)C(Cl)c1ccco1. The van der Waals surface area contributed by atoms with Crippen LogP contribution in [-0.4, -0.2) is 11.6 Å². The maximum Gasteiger partial charge on any atom is 0.223 e. The van der Waals surface area contributed by atoms with E-state index in [1.165, 1.54) is 13.2 Å². The van der Waals surface area contributed by atoms with Gasteiger partial charge in [-0.05, 0) is 12.1 Å². The van der Waals surface area contributed by atoms with Crippen molar-refractivity contribution in [1.29, 1.82) is 0 Å². The molecule has 1 aromatic rings. The molecule has 0 saturated heterocycles. The number of ketones is 2. The Labute approximate surface area is 74.3 Å². The van der Waals surface area contributed by atoms with E-state index in [-0.39, 0.29) is 0 Å². The van der Waals surface area contributed by atoms with Gasteiger partial charge in [-0.2, -0.15) is 0 Å². The van der Waals surface area contributed by atoms with Crippen LogP contribution in [0.5, 0.6) is 0 Å². The van der Waals surface area contributed by atoms with Crippen molar-refractivity contribution in [3.63, 3.8) is 0 Å². The number of alkyl halides is 1. The molecule has 0 aromatic carbocycles. The van der Waals surface area contributed by atoms with E-state index >= 15 is 0 Å². The van der Waals surface area contributed by atoms with Gasteiger partial charge >= 0.3 is 0 Å². The molecule has 0 aliphatic carbocycles. The molecule has 1 aromatic heterocycles. The summed E-state index contributed by atoms with van der Waals surface area (Å²) in [6, 6.07) is 3.16. The summed E-state index contributed by atoms with van der Waals surface area (Å²) in [5, 5.41) is -0.988. The van der Waals surface area contributed by atoms with E-state index in [2.05, 4.69) is 0 Å². The number of hydrogen-bond acceptors (Lipinski definition) is 3. The predicted molar refractivity (Wildman–Crippen MR) is 43.0 cm³/mol. The number of hydrogen-bond donors (Lipinski definition) is 0. The van der Waals surface area contributed by atoms with Crippen molar-refractivity contribution in [2.45, 2.75) is 12.3 Å². The number of halogens is 1. The highest BCUT2D eigenvalue weighted by Gasteiger charge is 2.23. The zero-order valence-corrected chi connectivity index (χ0v) is 7.17. The minimum Gasteiger partial charge on any atom is -0.467 e. The van der Waals surface area contributed by atoms with Crippen LogP contribution < -0.4 is 0 Å². The van der Waals surface area contributed by atoms with Gasteiger partial charge in [0.25, 0.3) is 0 Å². The summed E-state index contributed by atoms with van der Waals surface area (Å²) in [5.74, 6) is -0.908. The zero-order chi connectivity index (χ0) is 9.14. The molecule has 1 heterocycles. The van der Waals surface area contributed by atoms with Crippen molar-refractivity contribution >= 4 is 23.2 Å². The van der Waals surface area contributed by atoms with Gasteiger partial charge in [-0.3, -0.25) is 9.59 Å². The lowest BCUT2D eigenvalue weighted by Crippen LogP contribution is -2.14. The molecular formula is C8H7ClO3. The van der Waals surface area contributed by atoms with Crippen molar-refractivity contribution in [1.82, 2.24) is 0 Å². The molecule has 64 valence electrons. The third-order valence-corrected chi connectivity index (χ3v) is 1.78. The third-order valence-electron chi connectivity index (χ3n) is 1.37. The molecule has 1 unspecified atom stereocenters. The van der Waals surface area contributed by atoms with Crippen LogP contribution in [0.1, 0.15) is 18.1 Å². The van der Waals surface area contributed by atoms with Crippen LogP contribution >= 0.6 is 11.6 Å². The Morgan fingerprint density at radius 1 is 1.58 bits per heavy atom. The second-order valence-electron chi connectivity index (χ2n) is 2.30. The first-order valence-corrected chi connectivity index (χ1v) is 3.79. The van der Waals surface area contributed by atoms with Crippen molar-refractivity contribution in [2.75, 3.05) is 0 Å². The average molecular weight is 187 g/mol. The number of furan rings is 1. The van der Waals surface area contributed by atoms with Crippen molar-refractivity contribution < 1.29 is 14.0 Å². The number of Topliss-reactive ketones (excluding diaryl/α,β-unsaturated/α-hetero) is 2. The molecular weight excluding hydrogens is 180 g/mol. The second-order valence-corrected chi connectivity index (χ2v) is 2.73. The Kier molecular flexibility index (Phi) is 2.65. The quantitative estimate of drug-likeness (QED) is 0.534. The number of carbonyl (C=O) groups excluding carboxylic acids is 2. The van der Waals surface area contributed by atoms with Crippen LogP contribution in [0.2, 0.25) is 0 Å². The fourth-order valence-corrected chi connectivity index (χ4v) is 1.02. The van der Waals surface area contributed by atoms with E-state index in [1.54, 1.807) is 12.1 Å². The molecule has 0 radical (unpaired) electrons. The standard InChI is InChI=1S/C8H7ClO3/c1-5(10)8(11)7(9)6-3-2-4-12-6/h2-4,7H,1H3. The molecule has 1 rings (SSSR count). The maximum absolute atomic E-state index is 11.0. The number of carbonyl (C=O) groups is 2. The van der Waals surface area contributed by atoms with Gasteiger partial charge in [0.2, 0.25) is 5.78 Å². The molecule has 3 nitrogen and oxygen atoms in total. The summed E-state index contributed by atoms with van der Waals surface area (Å²) >= 11 is 5.63. The Hall–Kier alpha value is -1.09. The van der Waals surface area contributed by atoms with Gasteiger partial charge in [0.15, 0.2) is 11.2 Å². The monoisotopic (exact) mass is 186 g/mol. The van der Waals surface area contributed by atoms with Gasteiger partial charge in [0, 0.05) is 6.92 Å². The first-order chi connectivity index (χ1) is 5.63. The van der Waals surface area contributed by atoms with Crippen LogP contribution in [0, 0.1) is 0 Å². The minimum atomic E-state index is -0.988. The summed E-state index contributed by atoms with van der Waals surface area (Å²) in [6.45, 7) is 1.18. The van der Waals surface area contributed by atoms with Gasteiger partial charge in [-0.25, -0.2) is 0 Å². The minimum absolute atomic E-state index is 0.303. The molecule has 4 heteroatoms. The highest BCUT2D eigenvalue weighted by Crippen LogP contribution is 2.21. The van der Waals surface area contributed by atoms with Crippen LogP contribution in [0.4, 0.5) is 0 Å². The maximum atomic E-state index is 11.0. The molecule has 0 spiro atoms. The second kappa shape index (κ2) is 3.54. The largest absolute Gasteiger partial charge is 0.467 e. The molecule has 0 saturated carbocycles. The van der Waals surface area contributed by atoms with Gasteiger partial charge in [-0.15, -0.1) is 11.6 Å². The van der Waals surface area contributed by atoms with E-state index < -0.39 is 16.9 Å². The first kappa shape index (κ1) is 9.00. The van der Waals surface area contributed by atoms with E-state index in [1.807, 2.05) is 0 Å². The number of rotatable bonds is 3. The highest BCUT2D eigenvalue weighted by atomic mass is 35.5. The average Bonchev–Trinajstić information content (AvgIpc) is 2.53. The van der Waals surface area contributed by atoms with E-state index in [0.29, 0.717) is 5.76 Å². The molecule has 0 fully saturated rings. The lowest BCUT2D eigenvalue weighted by Gasteiger charge is -2.00. The lowest BCUT2D eigenvalue weighted by atomic mass is 10.2. The van der Waals surface area contributed by atoms with Gasteiger partial charge in [0.1, 0.15) is 5.76 Å². The van der Waals surface area contributed by atoms with Crippen molar-refractivity contribution in [3.05, 3.63) is 24.2 Å². The van der Waals surface area contributed by atoms with E-state index in [0.717, 1.165) is 0 Å². The van der Waals surface area contributed by atoms with Crippen LogP contribution in [0.25, 0.3) is 0 Å². The van der Waals surface area contributed by atoms with Gasteiger partial charge in [0.05, 0.1) is 6.26 Å². The Bertz CT molecular complexity index is 289. The molecule has 1 atom stereocenters. The first-order valence-electron chi connectivity index (χ1n) is 3.35. The molecule has 0 bridgehead atoms. The summed E-state index contributed by atoms with van der Waals surface area (Å²) in [6.07, 6.45) is 1.40. The Morgan fingerprint density at radius 3 is 2.67 bits per heavy atom. The molecule has 0 aliphatic rings. The molecule has 0 aliphatic heterocycles. The van der Waals surface area contributed by atoms with Crippen LogP contribution in [-0.2, 0) is 9.59 Å². The fourth-order valence-electron chi connectivity index (χ4n) is 0.743. The molecule has 0 N–H and O–H groups in total. The molecule has 12 heavy (non-hydrogen) atoms. The van der Waals surface area contributed by atoms with Crippen LogP contribution in [0.15, 0.2) is 22.8 Å². The summed E-state index contributed by atoms with van der Waals surface area (Å²) in [5.41, 5.74) is 0. The van der Waals surface area contributed by atoms with Crippen LogP contribution in [0.3, 0.4) is 0 Å². The van der Waals surface area contributed by atoms with Crippen molar-refractivity contribution in [2.24, 2.45) is 0 Å². The topological polar surface area (TPSA) is 47.3 Å². The Balaban J connectivity index is 2.79. The lowest BCUT2D eigenvalue weighted by molar-refractivity contribution is -0.135. The summed E-state index contributed by atoms with van der Waals surface area (Å²) < 4.78 is 4.86. The van der Waals surface area contributed by atoms with Gasteiger partial charge < -0.3 is 4.42 Å². The van der Waals surface area contributed by atoms with E-state index in [4.69, 9.17) is 16.0 Å². The van der Waals surface area contributed by atoms with Gasteiger partial charge in [-0.1, -0.05) is 0 Å². The third kappa shape index (κ3) is 1.74. The normalized spacial score (nSPS) is 12.5. The zero-order valence-electron chi connectivity index (χ0n) is 6.41. The summed E-state index contributed by atoms with van der Waals surface area (Å²) in [7, 11) is 0.